The number of unbranched alkanes of at least 4 members (excludes halogenated alkanes) is 7. The molecule has 0 radical (unpaired) electrons. The van der Waals surface area contributed by atoms with E-state index in [1.807, 2.05) is 26.0 Å². The van der Waals surface area contributed by atoms with Gasteiger partial charge in [0.25, 0.3) is 0 Å². The summed E-state index contributed by atoms with van der Waals surface area (Å²) >= 11 is 0. The van der Waals surface area contributed by atoms with Gasteiger partial charge >= 0.3 is 5.97 Å². The van der Waals surface area contributed by atoms with Gasteiger partial charge in [-0.15, -0.1) is 0 Å². The molecule has 1 atom stereocenters. The van der Waals surface area contributed by atoms with Gasteiger partial charge in [-0.1, -0.05) is 70.4 Å². The largest absolute Gasteiger partial charge is 0.507 e. The number of hydrogen-bond donors (Lipinski definition) is 2. The van der Waals surface area contributed by atoms with Crippen molar-refractivity contribution in [2.75, 3.05) is 0 Å². The van der Waals surface area contributed by atoms with Gasteiger partial charge in [-0.25, -0.2) is 0 Å². The number of benzene rings is 1. The van der Waals surface area contributed by atoms with Crippen LogP contribution < -0.4 is 0 Å². The van der Waals surface area contributed by atoms with Crippen molar-refractivity contribution in [1.29, 1.82) is 0 Å². The molecule has 136 valence electrons. The van der Waals surface area contributed by atoms with Gasteiger partial charge in [0.15, 0.2) is 0 Å². The lowest BCUT2D eigenvalue weighted by molar-refractivity contribution is -0.137. The third-order valence-corrected chi connectivity index (χ3v) is 4.81. The summed E-state index contributed by atoms with van der Waals surface area (Å²) in [6, 6.07) is 3.89. The minimum Gasteiger partial charge on any atom is -0.507 e. The summed E-state index contributed by atoms with van der Waals surface area (Å²) < 4.78 is 0. The van der Waals surface area contributed by atoms with Crippen molar-refractivity contribution in [3.63, 3.8) is 0 Å². The fourth-order valence-corrected chi connectivity index (χ4v) is 3.35. The number of rotatable bonds is 12. The third kappa shape index (κ3) is 7.37. The summed E-state index contributed by atoms with van der Waals surface area (Å²) in [5, 5.41) is 19.1. The topological polar surface area (TPSA) is 57.5 Å². The standard InChI is InChI=1S/C21H34O3/c1-4-5-6-7-8-9-10-11-12-18(15-20(22)23)19-13-16(2)21(24)17(3)14-19/h13-14,18,24H,4-12,15H2,1-3H3,(H,22,23). The Morgan fingerprint density at radius 1 is 0.958 bits per heavy atom. The molecule has 0 saturated carbocycles. The van der Waals surface area contributed by atoms with Crippen molar-refractivity contribution < 1.29 is 15.0 Å². The van der Waals surface area contributed by atoms with Crippen molar-refractivity contribution in [3.05, 3.63) is 28.8 Å². The first-order valence-electron chi connectivity index (χ1n) is 9.47. The Kier molecular flexibility index (Phi) is 9.51. The van der Waals surface area contributed by atoms with E-state index in [1.54, 1.807) is 0 Å². The highest BCUT2D eigenvalue weighted by atomic mass is 16.4. The average Bonchev–Trinajstić information content (AvgIpc) is 2.53. The number of phenolic OH excluding ortho intramolecular Hbond substituents is 1. The Hall–Kier alpha value is -1.51. The molecule has 0 spiro atoms. The highest BCUT2D eigenvalue weighted by Crippen LogP contribution is 2.32. The van der Waals surface area contributed by atoms with Gasteiger partial charge in [-0.3, -0.25) is 4.79 Å². The van der Waals surface area contributed by atoms with Crippen molar-refractivity contribution >= 4 is 5.97 Å². The van der Waals surface area contributed by atoms with Gasteiger partial charge in [0.1, 0.15) is 5.75 Å². The molecule has 0 aliphatic rings. The SMILES string of the molecule is CCCCCCCCCCC(CC(=O)O)c1cc(C)c(O)c(C)c1. The predicted octanol–water partition coefficient (Wildman–Crippen LogP) is 6.10. The van der Waals surface area contributed by atoms with Gasteiger partial charge in [0.2, 0.25) is 0 Å². The molecular formula is C21H34O3. The Labute approximate surface area is 147 Å². The molecule has 1 aromatic rings. The number of aryl methyl sites for hydroxylation is 2. The highest BCUT2D eigenvalue weighted by molar-refractivity contribution is 5.68. The van der Waals surface area contributed by atoms with Gasteiger partial charge in [0.05, 0.1) is 6.42 Å². The van der Waals surface area contributed by atoms with Crippen LogP contribution in [0.4, 0.5) is 0 Å². The predicted molar refractivity (Wildman–Crippen MR) is 99.8 cm³/mol. The fourth-order valence-electron chi connectivity index (χ4n) is 3.35. The van der Waals surface area contributed by atoms with Crippen molar-refractivity contribution in [3.8, 4) is 5.75 Å². The quantitative estimate of drug-likeness (QED) is 0.454. The van der Waals surface area contributed by atoms with Crippen LogP contribution in [0.15, 0.2) is 12.1 Å². The van der Waals surface area contributed by atoms with Gasteiger partial charge < -0.3 is 10.2 Å². The molecule has 24 heavy (non-hydrogen) atoms. The Morgan fingerprint density at radius 2 is 1.46 bits per heavy atom. The van der Waals surface area contributed by atoms with E-state index >= 15 is 0 Å². The second kappa shape index (κ2) is 11.1. The molecule has 1 unspecified atom stereocenters. The van der Waals surface area contributed by atoms with Gasteiger partial charge in [-0.05, 0) is 42.9 Å². The van der Waals surface area contributed by atoms with E-state index in [1.165, 1.54) is 44.9 Å². The molecule has 1 rings (SSSR count). The smallest absolute Gasteiger partial charge is 0.303 e. The highest BCUT2D eigenvalue weighted by Gasteiger charge is 2.17. The van der Waals surface area contributed by atoms with E-state index < -0.39 is 5.97 Å². The van der Waals surface area contributed by atoms with E-state index in [0.29, 0.717) is 5.75 Å². The number of carbonyl (C=O) groups is 1. The number of carboxylic acids is 1. The molecule has 0 bridgehead atoms. The minimum atomic E-state index is -0.747. The zero-order valence-electron chi connectivity index (χ0n) is 15.6. The maximum Gasteiger partial charge on any atom is 0.303 e. The van der Waals surface area contributed by atoms with Crippen molar-refractivity contribution in [2.24, 2.45) is 0 Å². The molecule has 0 amide bonds. The molecule has 3 nitrogen and oxygen atoms in total. The first-order chi connectivity index (χ1) is 11.5. The molecule has 3 heteroatoms. The maximum atomic E-state index is 11.2. The first kappa shape index (κ1) is 20.5. The Balaban J connectivity index is 2.50. The number of aliphatic carboxylic acids is 1. The molecule has 0 heterocycles. The van der Waals surface area contributed by atoms with Crippen LogP contribution in [0.1, 0.15) is 93.7 Å². The van der Waals surface area contributed by atoms with Crippen LogP contribution in [-0.4, -0.2) is 16.2 Å². The molecular weight excluding hydrogens is 300 g/mol. The van der Waals surface area contributed by atoms with Crippen LogP contribution in [0.25, 0.3) is 0 Å². The van der Waals surface area contributed by atoms with Crippen LogP contribution in [0.5, 0.6) is 5.75 Å². The monoisotopic (exact) mass is 334 g/mol. The van der Waals surface area contributed by atoms with Crippen LogP contribution in [0.3, 0.4) is 0 Å². The second-order valence-electron chi connectivity index (χ2n) is 7.06. The molecule has 0 saturated heterocycles. The van der Waals surface area contributed by atoms with E-state index in [2.05, 4.69) is 6.92 Å². The zero-order valence-corrected chi connectivity index (χ0v) is 15.6. The lowest BCUT2D eigenvalue weighted by Gasteiger charge is -2.17. The maximum absolute atomic E-state index is 11.2. The first-order valence-corrected chi connectivity index (χ1v) is 9.47. The summed E-state index contributed by atoms with van der Waals surface area (Å²) in [5.74, 6) is -0.386. The summed E-state index contributed by atoms with van der Waals surface area (Å²) in [6.07, 6.45) is 11.1. The molecule has 0 fully saturated rings. The number of aromatic hydroxyl groups is 1. The van der Waals surface area contributed by atoms with Gasteiger partial charge in [0, 0.05) is 0 Å². The molecule has 0 aromatic heterocycles. The lowest BCUT2D eigenvalue weighted by atomic mass is 9.88. The zero-order chi connectivity index (χ0) is 17.9. The van der Waals surface area contributed by atoms with Crippen molar-refractivity contribution in [1.82, 2.24) is 0 Å². The summed E-state index contributed by atoms with van der Waals surface area (Å²) in [7, 11) is 0. The van der Waals surface area contributed by atoms with E-state index in [4.69, 9.17) is 0 Å². The second-order valence-corrected chi connectivity index (χ2v) is 7.06. The normalized spacial score (nSPS) is 12.3. The van der Waals surface area contributed by atoms with Crippen LogP contribution >= 0.6 is 0 Å². The minimum absolute atomic E-state index is 0.0422. The Bertz CT molecular complexity index is 485. The third-order valence-electron chi connectivity index (χ3n) is 4.81. The number of phenols is 1. The van der Waals surface area contributed by atoms with Gasteiger partial charge in [-0.2, -0.15) is 0 Å². The van der Waals surface area contributed by atoms with Crippen LogP contribution in [0.2, 0.25) is 0 Å². The fraction of sp³-hybridized carbons (Fsp3) is 0.667. The number of carboxylic acid groups (broad SMARTS) is 1. The molecule has 2 N–H and O–H groups in total. The summed E-state index contributed by atoms with van der Waals surface area (Å²) in [5.41, 5.74) is 2.71. The molecule has 1 aromatic carbocycles. The van der Waals surface area contributed by atoms with Crippen LogP contribution in [0, 0.1) is 13.8 Å². The average molecular weight is 335 g/mol. The summed E-state index contributed by atoms with van der Waals surface area (Å²) in [4.78, 5) is 11.2. The molecule has 0 aliphatic heterocycles. The summed E-state index contributed by atoms with van der Waals surface area (Å²) in [6.45, 7) is 5.98. The van der Waals surface area contributed by atoms with Crippen LogP contribution in [-0.2, 0) is 4.79 Å². The van der Waals surface area contributed by atoms with E-state index in [9.17, 15) is 15.0 Å². The molecule has 0 aliphatic carbocycles. The van der Waals surface area contributed by atoms with E-state index in [0.717, 1.165) is 29.5 Å². The Morgan fingerprint density at radius 3 is 1.96 bits per heavy atom. The van der Waals surface area contributed by atoms with E-state index in [-0.39, 0.29) is 12.3 Å². The number of hydrogen-bond acceptors (Lipinski definition) is 2. The lowest BCUT2D eigenvalue weighted by Crippen LogP contribution is -2.07. The van der Waals surface area contributed by atoms with Crippen molar-refractivity contribution in [2.45, 2.75) is 90.9 Å².